The summed E-state index contributed by atoms with van der Waals surface area (Å²) in [5.41, 5.74) is -0.598. The fraction of sp³-hybridized carbons (Fsp3) is 0.550. The molecule has 11 heteroatoms. The first-order valence-corrected chi connectivity index (χ1v) is 9.40. The van der Waals surface area contributed by atoms with Crippen molar-refractivity contribution in [2.75, 3.05) is 25.3 Å². The van der Waals surface area contributed by atoms with Crippen molar-refractivity contribution in [1.82, 2.24) is 5.43 Å². The number of amides is 2. The maximum absolute atomic E-state index is 14.8. The minimum absolute atomic E-state index is 0.126. The van der Waals surface area contributed by atoms with Crippen LogP contribution in [0.2, 0.25) is 0 Å². The first kappa shape index (κ1) is 26.1. The van der Waals surface area contributed by atoms with E-state index >= 15 is 0 Å². The topological polar surface area (TPSA) is 98.7 Å². The van der Waals surface area contributed by atoms with Crippen LogP contribution in [0.4, 0.5) is 24.1 Å². The molecule has 0 fully saturated rings. The zero-order chi connectivity index (χ0) is 23.8. The van der Waals surface area contributed by atoms with Crippen LogP contribution in [-0.4, -0.2) is 49.9 Å². The van der Waals surface area contributed by atoms with Crippen LogP contribution in [0.3, 0.4) is 0 Å². The highest BCUT2D eigenvalue weighted by molar-refractivity contribution is 5.91. The highest BCUT2D eigenvalue weighted by atomic mass is 19.2. The van der Waals surface area contributed by atoms with Crippen molar-refractivity contribution >= 4 is 24.1 Å². The van der Waals surface area contributed by atoms with Crippen LogP contribution in [0.1, 0.15) is 47.1 Å². The maximum atomic E-state index is 14.8. The number of anilines is 1. The first-order chi connectivity index (χ1) is 14.2. The van der Waals surface area contributed by atoms with Gasteiger partial charge in [0.1, 0.15) is 23.5 Å². The van der Waals surface area contributed by atoms with Gasteiger partial charge in [-0.1, -0.05) is 5.16 Å². The van der Waals surface area contributed by atoms with Crippen LogP contribution in [0.5, 0.6) is 0 Å². The summed E-state index contributed by atoms with van der Waals surface area (Å²) >= 11 is 0. The third-order valence-electron chi connectivity index (χ3n) is 3.16. The summed E-state index contributed by atoms with van der Waals surface area (Å²) in [6.45, 7) is 9.95. The summed E-state index contributed by atoms with van der Waals surface area (Å²) < 4.78 is 44.4. The lowest BCUT2D eigenvalue weighted by Crippen LogP contribution is -2.50. The summed E-state index contributed by atoms with van der Waals surface area (Å²) in [4.78, 5) is 29.6. The second kappa shape index (κ2) is 10.9. The Bertz CT molecular complexity index is 803. The molecule has 0 radical (unpaired) electrons. The molecule has 0 aliphatic carbocycles. The highest BCUT2D eigenvalue weighted by Crippen LogP contribution is 2.25. The van der Waals surface area contributed by atoms with Crippen LogP contribution in [0.15, 0.2) is 17.3 Å². The normalized spacial score (nSPS) is 11.9. The first-order valence-electron chi connectivity index (χ1n) is 9.40. The fourth-order valence-electron chi connectivity index (χ4n) is 2.00. The monoisotopic (exact) mass is 445 g/mol. The molecule has 1 N–H and O–H groups in total. The van der Waals surface area contributed by atoms with E-state index in [2.05, 4.69) is 10.6 Å². The standard InChI is InChI=1S/C20H29F2N3O6/c1-19(2,3)30-17(26)24-25(18(27)31-20(4,5)6)14-9-8-13(15(21)16(14)22)12-23-29-11-10-28-7/h8-9,12H,10-11H2,1-7H3,(H,24,26)/b23-12+. The molecule has 0 unspecified atom stereocenters. The van der Waals surface area contributed by atoms with Crippen molar-refractivity contribution in [3.8, 4) is 0 Å². The van der Waals surface area contributed by atoms with Gasteiger partial charge in [0.25, 0.3) is 0 Å². The third kappa shape index (κ3) is 9.16. The van der Waals surface area contributed by atoms with Gasteiger partial charge < -0.3 is 19.0 Å². The minimum atomic E-state index is -1.41. The van der Waals surface area contributed by atoms with Gasteiger partial charge in [-0.3, -0.25) is 0 Å². The molecule has 1 rings (SSSR count). The lowest BCUT2D eigenvalue weighted by Gasteiger charge is -2.29. The SMILES string of the molecule is COCCO/N=C/c1ccc(N(NC(=O)OC(C)(C)C)C(=O)OC(C)(C)C)c(F)c1F. The molecular formula is C20H29F2N3O6. The Labute approximate surface area is 180 Å². The number of benzene rings is 1. The lowest BCUT2D eigenvalue weighted by molar-refractivity contribution is 0.0424. The van der Waals surface area contributed by atoms with Gasteiger partial charge in [-0.25, -0.2) is 23.8 Å². The van der Waals surface area contributed by atoms with E-state index in [-0.39, 0.29) is 18.8 Å². The number of carbonyl (C=O) groups is 2. The molecule has 0 aromatic heterocycles. The molecule has 0 saturated carbocycles. The number of hydrogen-bond donors (Lipinski definition) is 1. The number of nitrogens with zero attached hydrogens (tertiary/aromatic N) is 2. The van der Waals surface area contributed by atoms with Gasteiger partial charge in [-0.2, -0.15) is 5.01 Å². The van der Waals surface area contributed by atoms with Crippen LogP contribution in [0, 0.1) is 11.6 Å². The predicted octanol–water partition coefficient (Wildman–Crippen LogP) is 4.14. The lowest BCUT2D eigenvalue weighted by atomic mass is 10.2. The van der Waals surface area contributed by atoms with Crippen LogP contribution in [0.25, 0.3) is 0 Å². The smallest absolute Gasteiger partial charge is 0.434 e. The largest absolute Gasteiger partial charge is 0.443 e. The van der Waals surface area contributed by atoms with Gasteiger partial charge >= 0.3 is 12.2 Å². The number of rotatable bonds is 6. The van der Waals surface area contributed by atoms with Crippen molar-refractivity contribution in [3.05, 3.63) is 29.3 Å². The number of halogens is 2. The van der Waals surface area contributed by atoms with Gasteiger partial charge in [0.05, 0.1) is 12.8 Å². The summed E-state index contributed by atoms with van der Waals surface area (Å²) in [7, 11) is 1.47. The molecule has 0 atom stereocenters. The molecular weight excluding hydrogens is 416 g/mol. The molecule has 1 aromatic carbocycles. The van der Waals surface area contributed by atoms with E-state index in [1.807, 2.05) is 0 Å². The van der Waals surface area contributed by atoms with E-state index in [0.717, 1.165) is 18.3 Å². The Kier molecular flexibility index (Phi) is 9.17. The number of oxime groups is 1. The van der Waals surface area contributed by atoms with Gasteiger partial charge in [-0.05, 0) is 53.7 Å². The zero-order valence-electron chi connectivity index (χ0n) is 18.7. The molecule has 9 nitrogen and oxygen atoms in total. The van der Waals surface area contributed by atoms with Crippen LogP contribution in [-0.2, 0) is 19.0 Å². The molecule has 31 heavy (non-hydrogen) atoms. The molecule has 0 aliphatic rings. The Hall–Kier alpha value is -2.95. The molecule has 1 aromatic rings. The predicted molar refractivity (Wildman–Crippen MR) is 110 cm³/mol. The summed E-state index contributed by atoms with van der Waals surface area (Å²) in [5, 5.41) is 3.96. The van der Waals surface area contributed by atoms with E-state index in [1.165, 1.54) is 7.11 Å². The van der Waals surface area contributed by atoms with Gasteiger partial charge in [0.2, 0.25) is 0 Å². The van der Waals surface area contributed by atoms with E-state index < -0.39 is 40.7 Å². The quantitative estimate of drug-likeness (QED) is 0.401. The fourth-order valence-corrected chi connectivity index (χ4v) is 2.00. The average molecular weight is 445 g/mol. The summed E-state index contributed by atoms with van der Waals surface area (Å²) in [6, 6.07) is 2.24. The third-order valence-corrected chi connectivity index (χ3v) is 3.16. The Balaban J connectivity index is 3.20. The van der Waals surface area contributed by atoms with E-state index in [0.29, 0.717) is 5.01 Å². The second-order valence-corrected chi connectivity index (χ2v) is 8.29. The Morgan fingerprint density at radius 3 is 2.19 bits per heavy atom. The van der Waals surface area contributed by atoms with Crippen LogP contribution >= 0.6 is 0 Å². The van der Waals surface area contributed by atoms with Gasteiger partial charge in [0, 0.05) is 12.7 Å². The second-order valence-electron chi connectivity index (χ2n) is 8.29. The number of ether oxygens (including phenoxy) is 3. The number of methoxy groups -OCH3 is 1. The van der Waals surface area contributed by atoms with Crippen LogP contribution < -0.4 is 10.4 Å². The van der Waals surface area contributed by atoms with E-state index in [9.17, 15) is 18.4 Å². The average Bonchev–Trinajstić information content (AvgIpc) is 2.60. The van der Waals surface area contributed by atoms with E-state index in [4.69, 9.17) is 19.0 Å². The zero-order valence-corrected chi connectivity index (χ0v) is 18.7. The molecule has 0 saturated heterocycles. The van der Waals surface area contributed by atoms with Crippen molar-refractivity contribution < 1.29 is 37.4 Å². The van der Waals surface area contributed by atoms with Gasteiger partial charge in [-0.15, -0.1) is 0 Å². The molecule has 0 spiro atoms. The molecule has 0 aliphatic heterocycles. The Morgan fingerprint density at radius 1 is 1.03 bits per heavy atom. The Morgan fingerprint density at radius 2 is 1.65 bits per heavy atom. The number of hydrogen-bond acceptors (Lipinski definition) is 7. The number of carbonyl (C=O) groups excluding carboxylic acids is 2. The van der Waals surface area contributed by atoms with Crippen molar-refractivity contribution in [2.45, 2.75) is 52.7 Å². The highest BCUT2D eigenvalue weighted by Gasteiger charge is 2.30. The maximum Gasteiger partial charge on any atom is 0.434 e. The van der Waals surface area contributed by atoms with Crippen molar-refractivity contribution in [3.63, 3.8) is 0 Å². The summed E-state index contributed by atoms with van der Waals surface area (Å²) in [6.07, 6.45) is -1.23. The van der Waals surface area contributed by atoms with Gasteiger partial charge in [0.15, 0.2) is 11.6 Å². The molecule has 0 heterocycles. The van der Waals surface area contributed by atoms with Crippen molar-refractivity contribution in [2.24, 2.45) is 5.16 Å². The minimum Gasteiger partial charge on any atom is -0.443 e. The number of nitrogens with one attached hydrogen (secondary N) is 1. The molecule has 0 bridgehead atoms. The van der Waals surface area contributed by atoms with Crippen molar-refractivity contribution in [1.29, 1.82) is 0 Å². The molecule has 174 valence electrons. The summed E-state index contributed by atoms with van der Waals surface area (Å²) in [5.74, 6) is -2.72. The molecule has 2 amide bonds. The van der Waals surface area contributed by atoms with E-state index in [1.54, 1.807) is 41.5 Å². The number of hydrazine groups is 1.